The van der Waals surface area contributed by atoms with Crippen molar-refractivity contribution in [3.63, 3.8) is 0 Å². The normalized spacial score (nSPS) is 13.2. The van der Waals surface area contributed by atoms with Crippen LogP contribution in [0.25, 0.3) is 0 Å². The number of carboxylic acid groups (broad SMARTS) is 1. The van der Waals surface area contributed by atoms with Crippen LogP contribution in [-0.4, -0.2) is 37.2 Å². The number of aliphatic hydroxyl groups is 1. The van der Waals surface area contributed by atoms with E-state index in [9.17, 15) is 9.90 Å². The van der Waals surface area contributed by atoms with Gasteiger partial charge in [-0.2, -0.15) is 0 Å². The molecule has 158 valence electrons. The van der Waals surface area contributed by atoms with Crippen LogP contribution in [-0.2, 0) is 9.22 Å². The predicted octanol–water partition coefficient (Wildman–Crippen LogP) is 3.96. The van der Waals surface area contributed by atoms with Crippen molar-refractivity contribution in [2.45, 2.75) is 64.0 Å². The molecule has 1 atom stereocenters. The second-order valence-electron chi connectivity index (χ2n) is 8.61. The lowest BCUT2D eigenvalue weighted by Gasteiger charge is -2.43. The summed E-state index contributed by atoms with van der Waals surface area (Å²) in [6, 6.07) is 21.2. The molecule has 4 nitrogen and oxygen atoms in total. The maximum absolute atomic E-state index is 10.6. The van der Waals surface area contributed by atoms with Crippen LogP contribution in [0.5, 0.6) is 0 Å². The highest BCUT2D eigenvalue weighted by molar-refractivity contribution is 6.99. The zero-order chi connectivity index (χ0) is 21.3. The first-order chi connectivity index (χ1) is 13.8. The first-order valence-corrected chi connectivity index (χ1v) is 12.3. The van der Waals surface area contributed by atoms with Crippen molar-refractivity contribution >= 4 is 24.7 Å². The van der Waals surface area contributed by atoms with E-state index < -0.39 is 20.4 Å². The van der Waals surface area contributed by atoms with Gasteiger partial charge in [-0.1, -0.05) is 94.3 Å². The van der Waals surface area contributed by atoms with Crippen LogP contribution in [0.15, 0.2) is 60.7 Å². The van der Waals surface area contributed by atoms with Gasteiger partial charge in [0.15, 0.2) is 0 Å². The average Bonchev–Trinajstić information content (AvgIpc) is 2.67. The first-order valence-electron chi connectivity index (χ1n) is 10.4. The largest absolute Gasteiger partial charge is 0.481 e. The maximum Gasteiger partial charge on any atom is 0.305 e. The maximum atomic E-state index is 10.6. The number of hydrogen-bond acceptors (Lipinski definition) is 3. The van der Waals surface area contributed by atoms with Gasteiger partial charge < -0.3 is 14.6 Å². The monoisotopic (exact) mass is 414 g/mol. The molecule has 2 aromatic rings. The number of carbonyl (C=O) groups is 1. The Morgan fingerprint density at radius 1 is 0.931 bits per heavy atom. The third-order valence-corrected chi connectivity index (χ3v) is 10.4. The molecule has 0 aliphatic carbocycles. The van der Waals surface area contributed by atoms with E-state index >= 15 is 0 Å². The molecule has 0 heterocycles. The molecule has 1 unspecified atom stereocenters. The van der Waals surface area contributed by atoms with Gasteiger partial charge in [-0.25, -0.2) is 0 Å². The van der Waals surface area contributed by atoms with Gasteiger partial charge in [-0.3, -0.25) is 4.79 Å². The van der Waals surface area contributed by atoms with Gasteiger partial charge in [0, 0.05) is 6.61 Å². The molecule has 0 saturated carbocycles. The van der Waals surface area contributed by atoms with E-state index in [4.69, 9.17) is 9.53 Å². The number of unbranched alkanes of at least 4 members (excludes halogenated alkanes) is 2. The number of aliphatic hydroxyl groups excluding tert-OH is 1. The molecule has 0 bridgehead atoms. The van der Waals surface area contributed by atoms with Crippen molar-refractivity contribution in [1.82, 2.24) is 0 Å². The fourth-order valence-corrected chi connectivity index (χ4v) is 8.56. The minimum absolute atomic E-state index is 0.0343. The van der Waals surface area contributed by atoms with Gasteiger partial charge in [0.25, 0.3) is 8.32 Å². The number of hydrogen-bond donors (Lipinski definition) is 2. The van der Waals surface area contributed by atoms with E-state index in [0.717, 1.165) is 19.3 Å². The molecular formula is C24H34O4Si. The van der Waals surface area contributed by atoms with E-state index in [-0.39, 0.29) is 11.5 Å². The molecular weight excluding hydrogens is 380 g/mol. The van der Waals surface area contributed by atoms with Crippen LogP contribution < -0.4 is 10.4 Å². The molecule has 5 heteroatoms. The number of rotatable bonds is 11. The van der Waals surface area contributed by atoms with E-state index in [2.05, 4.69) is 69.3 Å². The van der Waals surface area contributed by atoms with Gasteiger partial charge in [0.05, 0.1) is 12.5 Å². The van der Waals surface area contributed by atoms with Crippen molar-refractivity contribution in [1.29, 1.82) is 0 Å². The van der Waals surface area contributed by atoms with Gasteiger partial charge in [-0.05, 0) is 28.3 Å². The van der Waals surface area contributed by atoms with Crippen LogP contribution in [0.3, 0.4) is 0 Å². The lowest BCUT2D eigenvalue weighted by molar-refractivity contribution is -0.139. The Labute approximate surface area is 175 Å². The van der Waals surface area contributed by atoms with E-state index in [1.807, 2.05) is 12.1 Å². The highest BCUT2D eigenvalue weighted by Gasteiger charge is 2.49. The summed E-state index contributed by atoms with van der Waals surface area (Å²) < 4.78 is 6.82. The molecule has 0 radical (unpaired) electrons. The fourth-order valence-electron chi connectivity index (χ4n) is 3.95. The lowest BCUT2D eigenvalue weighted by atomic mass is 10.1. The Balaban J connectivity index is 2.10. The molecule has 29 heavy (non-hydrogen) atoms. The fraction of sp³-hybridized carbons (Fsp3) is 0.458. The summed E-state index contributed by atoms with van der Waals surface area (Å²) in [6.07, 6.45) is 2.19. The Kier molecular flexibility index (Phi) is 8.62. The van der Waals surface area contributed by atoms with Gasteiger partial charge >= 0.3 is 5.97 Å². The molecule has 0 saturated heterocycles. The summed E-state index contributed by atoms with van der Waals surface area (Å²) in [5.41, 5.74) is 0. The van der Waals surface area contributed by atoms with Crippen LogP contribution in [0, 0.1) is 0 Å². The molecule has 2 rings (SSSR count). The zero-order valence-corrected chi connectivity index (χ0v) is 18.8. The summed E-state index contributed by atoms with van der Waals surface area (Å²) in [6.45, 7) is 7.45. The summed E-state index contributed by atoms with van der Waals surface area (Å²) in [4.78, 5) is 10.6. The Hall–Kier alpha value is -1.95. The van der Waals surface area contributed by atoms with Crippen LogP contribution in [0.4, 0.5) is 0 Å². The van der Waals surface area contributed by atoms with Crippen molar-refractivity contribution in [2.24, 2.45) is 0 Å². The number of aliphatic carboxylic acids is 1. The molecule has 0 aliphatic heterocycles. The molecule has 0 amide bonds. The van der Waals surface area contributed by atoms with E-state index in [0.29, 0.717) is 13.0 Å². The molecule has 0 fully saturated rings. The Morgan fingerprint density at radius 2 is 1.45 bits per heavy atom. The topological polar surface area (TPSA) is 66.8 Å². The molecule has 0 spiro atoms. The Bertz CT molecular complexity index is 701. The number of carboxylic acids is 1. The highest BCUT2D eigenvalue weighted by Crippen LogP contribution is 2.36. The lowest BCUT2D eigenvalue weighted by Crippen LogP contribution is -2.66. The van der Waals surface area contributed by atoms with Crippen molar-refractivity contribution in [2.75, 3.05) is 6.61 Å². The standard InChI is InChI=1S/C24H34O4Si/c1-24(2,3)29(21-14-8-4-9-15-21,22-16-10-5-11-17-22)28-18-12-6-7-13-20(25)19-23(26)27/h4-5,8-11,14-17,20,25H,6-7,12-13,18-19H2,1-3H3,(H,26,27). The summed E-state index contributed by atoms with van der Waals surface area (Å²) in [7, 11) is -2.48. The zero-order valence-electron chi connectivity index (χ0n) is 17.8. The van der Waals surface area contributed by atoms with Crippen molar-refractivity contribution in [3.8, 4) is 0 Å². The first kappa shape index (κ1) is 23.3. The molecule has 0 aliphatic rings. The van der Waals surface area contributed by atoms with Gasteiger partial charge in [-0.15, -0.1) is 0 Å². The van der Waals surface area contributed by atoms with E-state index in [1.54, 1.807) is 0 Å². The third-order valence-electron chi connectivity index (χ3n) is 5.33. The van der Waals surface area contributed by atoms with Crippen molar-refractivity contribution in [3.05, 3.63) is 60.7 Å². The molecule has 2 N–H and O–H groups in total. The summed E-state index contributed by atoms with van der Waals surface area (Å²) >= 11 is 0. The smallest absolute Gasteiger partial charge is 0.305 e. The second kappa shape index (κ2) is 10.7. The molecule has 2 aromatic carbocycles. The average molecular weight is 415 g/mol. The van der Waals surface area contributed by atoms with Gasteiger partial charge in [0.1, 0.15) is 0 Å². The molecule has 0 aromatic heterocycles. The minimum atomic E-state index is -2.48. The highest BCUT2D eigenvalue weighted by atomic mass is 28.4. The number of benzene rings is 2. The minimum Gasteiger partial charge on any atom is -0.481 e. The van der Waals surface area contributed by atoms with E-state index in [1.165, 1.54) is 10.4 Å². The summed E-state index contributed by atoms with van der Waals surface area (Å²) in [5, 5.41) is 20.9. The quantitative estimate of drug-likeness (QED) is 0.431. The SMILES string of the molecule is CC(C)(C)[Si](OCCCCCC(O)CC(=O)O)(c1ccccc1)c1ccccc1. The van der Waals surface area contributed by atoms with Crippen LogP contribution >= 0.6 is 0 Å². The van der Waals surface area contributed by atoms with Crippen LogP contribution in [0.2, 0.25) is 5.04 Å². The summed E-state index contributed by atoms with van der Waals surface area (Å²) in [5.74, 6) is -0.951. The Morgan fingerprint density at radius 3 is 1.90 bits per heavy atom. The van der Waals surface area contributed by atoms with Crippen LogP contribution in [0.1, 0.15) is 52.9 Å². The predicted molar refractivity (Wildman–Crippen MR) is 120 cm³/mol. The third kappa shape index (κ3) is 6.26. The second-order valence-corrected chi connectivity index (χ2v) is 12.9. The van der Waals surface area contributed by atoms with Crippen molar-refractivity contribution < 1.29 is 19.4 Å². The van der Waals surface area contributed by atoms with Gasteiger partial charge in [0.2, 0.25) is 0 Å².